The van der Waals surface area contributed by atoms with Gasteiger partial charge in [-0.15, -0.1) is 0 Å². The first kappa shape index (κ1) is 12.8. The molecule has 1 aromatic rings. The molecule has 0 spiro atoms. The first-order valence-electron chi connectivity index (χ1n) is 4.65. The van der Waals surface area contributed by atoms with Gasteiger partial charge in [-0.25, -0.2) is 13.2 Å². The smallest absolute Gasteiger partial charge is 0.268 e. The summed E-state index contributed by atoms with van der Waals surface area (Å²) in [6.45, 7) is -0.619. The molecular formula is C10H12F3NO2. The van der Waals surface area contributed by atoms with Crippen molar-refractivity contribution in [2.45, 2.75) is 12.5 Å². The molecule has 1 aromatic carbocycles. The van der Waals surface area contributed by atoms with Gasteiger partial charge in [-0.3, -0.25) is 0 Å². The van der Waals surface area contributed by atoms with Gasteiger partial charge in [-0.05, 0) is 12.1 Å². The van der Waals surface area contributed by atoms with E-state index in [0.717, 1.165) is 6.07 Å². The average Bonchev–Trinajstić information content (AvgIpc) is 2.25. The number of halogens is 3. The van der Waals surface area contributed by atoms with Crippen LogP contribution < -0.4 is 5.32 Å². The molecule has 1 unspecified atom stereocenters. The van der Waals surface area contributed by atoms with Crippen LogP contribution in [0.3, 0.4) is 0 Å². The number of aliphatic hydroxyl groups is 2. The SMILES string of the molecule is OCC(O)CNc1cccc(F)c1C(F)F. The maximum atomic E-state index is 13.1. The number of aliphatic hydroxyl groups excluding tert-OH is 2. The van der Waals surface area contributed by atoms with E-state index in [4.69, 9.17) is 10.2 Å². The summed E-state index contributed by atoms with van der Waals surface area (Å²) in [7, 11) is 0. The van der Waals surface area contributed by atoms with Crippen LogP contribution >= 0.6 is 0 Å². The van der Waals surface area contributed by atoms with E-state index < -0.39 is 30.5 Å². The predicted molar refractivity (Wildman–Crippen MR) is 52.9 cm³/mol. The Balaban J connectivity index is 2.83. The molecule has 90 valence electrons. The van der Waals surface area contributed by atoms with Gasteiger partial charge in [-0.2, -0.15) is 0 Å². The van der Waals surface area contributed by atoms with E-state index in [-0.39, 0.29) is 12.2 Å². The van der Waals surface area contributed by atoms with Crippen LogP contribution in [-0.4, -0.2) is 29.5 Å². The summed E-state index contributed by atoms with van der Waals surface area (Å²) in [5.74, 6) is -1.00. The fourth-order valence-electron chi connectivity index (χ4n) is 1.21. The van der Waals surface area contributed by atoms with Crippen LogP contribution in [-0.2, 0) is 0 Å². The van der Waals surface area contributed by atoms with E-state index in [2.05, 4.69) is 5.32 Å². The molecule has 0 saturated heterocycles. The van der Waals surface area contributed by atoms with Gasteiger partial charge in [-0.1, -0.05) is 6.07 Å². The van der Waals surface area contributed by atoms with Crippen molar-refractivity contribution in [3.8, 4) is 0 Å². The molecule has 0 heterocycles. The van der Waals surface area contributed by atoms with Crippen molar-refractivity contribution in [3.63, 3.8) is 0 Å². The Morgan fingerprint density at radius 3 is 2.56 bits per heavy atom. The summed E-state index contributed by atoms with van der Waals surface area (Å²) < 4.78 is 38.1. The minimum absolute atomic E-state index is 0.0810. The number of anilines is 1. The largest absolute Gasteiger partial charge is 0.394 e. The van der Waals surface area contributed by atoms with Crippen molar-refractivity contribution in [1.29, 1.82) is 0 Å². The summed E-state index contributed by atoms with van der Waals surface area (Å²) in [5.41, 5.74) is -0.810. The predicted octanol–water partition coefficient (Wildman–Crippen LogP) is 1.53. The normalized spacial score (nSPS) is 12.9. The molecule has 0 aliphatic heterocycles. The van der Waals surface area contributed by atoms with Crippen LogP contribution in [0.25, 0.3) is 0 Å². The van der Waals surface area contributed by atoms with Crippen LogP contribution in [0, 0.1) is 5.82 Å². The van der Waals surface area contributed by atoms with E-state index in [9.17, 15) is 13.2 Å². The number of rotatable bonds is 5. The Labute approximate surface area is 90.5 Å². The maximum Gasteiger partial charge on any atom is 0.268 e. The highest BCUT2D eigenvalue weighted by Gasteiger charge is 2.18. The standard InChI is InChI=1S/C10H12F3NO2/c11-7-2-1-3-8(9(7)10(12)13)14-4-6(16)5-15/h1-3,6,10,14-16H,4-5H2. The number of hydrogen-bond donors (Lipinski definition) is 3. The van der Waals surface area contributed by atoms with Crippen molar-refractivity contribution in [2.75, 3.05) is 18.5 Å². The molecule has 16 heavy (non-hydrogen) atoms. The molecule has 3 nitrogen and oxygen atoms in total. The molecule has 1 atom stereocenters. The van der Waals surface area contributed by atoms with Crippen LogP contribution in [0.5, 0.6) is 0 Å². The minimum atomic E-state index is -2.94. The van der Waals surface area contributed by atoms with Crippen LogP contribution in [0.15, 0.2) is 18.2 Å². The fourth-order valence-corrected chi connectivity index (χ4v) is 1.21. The van der Waals surface area contributed by atoms with Crippen LogP contribution in [0.4, 0.5) is 18.9 Å². The third kappa shape index (κ3) is 3.11. The number of hydrogen-bond acceptors (Lipinski definition) is 3. The zero-order valence-corrected chi connectivity index (χ0v) is 8.33. The first-order chi connectivity index (χ1) is 7.56. The molecule has 0 bridgehead atoms. The summed E-state index contributed by atoms with van der Waals surface area (Å²) in [4.78, 5) is 0. The van der Waals surface area contributed by atoms with Gasteiger partial charge in [0.2, 0.25) is 0 Å². The Morgan fingerprint density at radius 1 is 1.31 bits per heavy atom. The Bertz CT molecular complexity index is 347. The second-order valence-corrected chi connectivity index (χ2v) is 3.22. The lowest BCUT2D eigenvalue weighted by Crippen LogP contribution is -2.23. The summed E-state index contributed by atoms with van der Waals surface area (Å²) in [5, 5.41) is 20.0. The van der Waals surface area contributed by atoms with Crippen molar-refractivity contribution in [3.05, 3.63) is 29.6 Å². The highest BCUT2D eigenvalue weighted by atomic mass is 19.3. The van der Waals surface area contributed by atoms with E-state index in [1.165, 1.54) is 12.1 Å². The Morgan fingerprint density at radius 2 is 2.00 bits per heavy atom. The van der Waals surface area contributed by atoms with E-state index in [1.807, 2.05) is 0 Å². The highest BCUT2D eigenvalue weighted by molar-refractivity contribution is 5.52. The molecule has 0 aliphatic carbocycles. The summed E-state index contributed by atoms with van der Waals surface area (Å²) in [6, 6.07) is 3.51. The molecule has 0 fully saturated rings. The monoisotopic (exact) mass is 235 g/mol. The molecule has 6 heteroatoms. The van der Waals surface area contributed by atoms with E-state index >= 15 is 0 Å². The molecule has 0 radical (unpaired) electrons. The average molecular weight is 235 g/mol. The van der Waals surface area contributed by atoms with Gasteiger partial charge in [0.1, 0.15) is 5.82 Å². The summed E-state index contributed by atoms with van der Waals surface area (Å²) in [6.07, 6.45) is -4.01. The third-order valence-electron chi connectivity index (χ3n) is 2.01. The second kappa shape index (κ2) is 5.72. The van der Waals surface area contributed by atoms with Gasteiger partial charge in [0.15, 0.2) is 0 Å². The lowest BCUT2D eigenvalue weighted by molar-refractivity contribution is 0.105. The zero-order valence-electron chi connectivity index (χ0n) is 8.33. The van der Waals surface area contributed by atoms with Crippen LogP contribution in [0.1, 0.15) is 12.0 Å². The molecule has 0 amide bonds. The molecular weight excluding hydrogens is 223 g/mol. The number of benzene rings is 1. The van der Waals surface area contributed by atoms with Crippen molar-refractivity contribution < 1.29 is 23.4 Å². The van der Waals surface area contributed by atoms with Crippen molar-refractivity contribution in [1.82, 2.24) is 0 Å². The van der Waals surface area contributed by atoms with Gasteiger partial charge < -0.3 is 15.5 Å². The Hall–Kier alpha value is -1.27. The van der Waals surface area contributed by atoms with E-state index in [1.54, 1.807) is 0 Å². The van der Waals surface area contributed by atoms with Gasteiger partial charge in [0.25, 0.3) is 6.43 Å². The third-order valence-corrected chi connectivity index (χ3v) is 2.01. The molecule has 0 aromatic heterocycles. The molecule has 0 saturated carbocycles. The second-order valence-electron chi connectivity index (χ2n) is 3.22. The highest BCUT2D eigenvalue weighted by Crippen LogP contribution is 2.29. The van der Waals surface area contributed by atoms with E-state index in [0.29, 0.717) is 0 Å². The van der Waals surface area contributed by atoms with Crippen LogP contribution in [0.2, 0.25) is 0 Å². The number of alkyl halides is 2. The molecule has 3 N–H and O–H groups in total. The van der Waals surface area contributed by atoms with Gasteiger partial charge in [0, 0.05) is 12.2 Å². The number of nitrogens with one attached hydrogen (secondary N) is 1. The van der Waals surface area contributed by atoms with Crippen molar-refractivity contribution >= 4 is 5.69 Å². The molecule has 1 rings (SSSR count). The first-order valence-corrected chi connectivity index (χ1v) is 4.65. The fraction of sp³-hybridized carbons (Fsp3) is 0.400. The lowest BCUT2D eigenvalue weighted by Gasteiger charge is -2.14. The topological polar surface area (TPSA) is 52.5 Å². The van der Waals surface area contributed by atoms with Crippen molar-refractivity contribution in [2.24, 2.45) is 0 Å². The van der Waals surface area contributed by atoms with Gasteiger partial charge >= 0.3 is 0 Å². The summed E-state index contributed by atoms with van der Waals surface area (Å²) >= 11 is 0. The van der Waals surface area contributed by atoms with Gasteiger partial charge in [0.05, 0.1) is 18.3 Å². The lowest BCUT2D eigenvalue weighted by atomic mass is 10.1. The minimum Gasteiger partial charge on any atom is -0.394 e. The quantitative estimate of drug-likeness (QED) is 0.725. The molecule has 0 aliphatic rings. The Kier molecular flexibility index (Phi) is 4.57. The zero-order chi connectivity index (χ0) is 12.1. The maximum absolute atomic E-state index is 13.1.